The van der Waals surface area contributed by atoms with Crippen molar-refractivity contribution in [2.24, 2.45) is 17.8 Å². The van der Waals surface area contributed by atoms with Gasteiger partial charge in [-0.3, -0.25) is 9.59 Å². The van der Waals surface area contributed by atoms with Crippen LogP contribution in [0.5, 0.6) is 11.6 Å². The molecule has 242 valence electrons. The highest BCUT2D eigenvalue weighted by Gasteiger charge is 2.62. The Morgan fingerprint density at radius 2 is 1.85 bits per heavy atom. The first-order valence-corrected chi connectivity index (χ1v) is 16.2. The van der Waals surface area contributed by atoms with Crippen LogP contribution in [0.4, 0.5) is 0 Å². The highest BCUT2D eigenvalue weighted by Crippen LogP contribution is 2.47. The Morgan fingerprint density at radius 3 is 2.61 bits per heavy atom. The summed E-state index contributed by atoms with van der Waals surface area (Å²) < 4.78 is 17.6. The molecule has 6 rings (SSSR count). The van der Waals surface area contributed by atoms with E-state index in [1.165, 1.54) is 0 Å². The summed E-state index contributed by atoms with van der Waals surface area (Å²) in [6.07, 6.45) is 7.38. The number of nitrogens with zero attached hydrogens (tertiary/aromatic N) is 3. The minimum Gasteiger partial charge on any atom is -0.496 e. The van der Waals surface area contributed by atoms with Crippen LogP contribution in [0.25, 0.3) is 22.3 Å². The molecule has 2 amide bonds. The zero-order valence-corrected chi connectivity index (χ0v) is 27.0. The van der Waals surface area contributed by atoms with Gasteiger partial charge in [-0.25, -0.2) is 9.78 Å². The minimum absolute atomic E-state index is 0.0884. The number of aryl methyl sites for hydroxylation is 1. The number of carbonyl (C=O) groups is 3. The standard InChI is InChI=1S/C36H42N4O6/c1-5-45-35(43)36-21-24(36)15-11-6-7-12-18-40(3)34(42)28-20-25(19-27(28)32(41)39-36)46-33-26-16-17-29(44-4)22(2)30(26)37-31(38-33)23-13-9-8-10-14-23/h8-11,13-17,24-25,27-28H,5-7,12,18-21H2,1-4H3,(H,39,41)/b15-11-. The minimum atomic E-state index is -1.10. The zero-order chi connectivity index (χ0) is 32.4. The molecule has 0 spiro atoms. The topological polar surface area (TPSA) is 120 Å². The van der Waals surface area contributed by atoms with Crippen LogP contribution in [0, 0.1) is 24.7 Å². The van der Waals surface area contributed by atoms with Crippen LogP contribution in [0.2, 0.25) is 0 Å². The SMILES string of the molecule is CCOC(=O)C12CC1/C=C\CCCCN(C)C(=O)C1CC(Oc3nc(-c4ccccc4)nc4c(C)c(OC)ccc34)CC1C(=O)N2. The number of fused-ring (bicyclic) bond motifs is 3. The maximum Gasteiger partial charge on any atom is 0.332 e. The number of hydrogen-bond donors (Lipinski definition) is 1. The molecule has 2 aliphatic carbocycles. The second-order valence-electron chi connectivity index (χ2n) is 12.6. The smallest absolute Gasteiger partial charge is 0.332 e. The Hall–Kier alpha value is -4.47. The van der Waals surface area contributed by atoms with Crippen LogP contribution in [-0.2, 0) is 19.1 Å². The maximum absolute atomic E-state index is 14.0. The van der Waals surface area contributed by atoms with Crippen LogP contribution in [0.15, 0.2) is 54.6 Å². The van der Waals surface area contributed by atoms with Crippen LogP contribution in [0.1, 0.15) is 51.0 Å². The summed E-state index contributed by atoms with van der Waals surface area (Å²) in [7, 11) is 3.42. The summed E-state index contributed by atoms with van der Waals surface area (Å²) in [6, 6.07) is 13.4. The van der Waals surface area contributed by atoms with E-state index in [0.717, 1.165) is 35.8 Å². The number of aromatic nitrogens is 2. The average Bonchev–Trinajstić information content (AvgIpc) is 3.59. The van der Waals surface area contributed by atoms with E-state index >= 15 is 0 Å². The Bertz CT molecular complexity index is 1660. The first-order chi connectivity index (χ1) is 22.3. The largest absolute Gasteiger partial charge is 0.496 e. The Kier molecular flexibility index (Phi) is 8.97. The van der Waals surface area contributed by atoms with Crippen molar-refractivity contribution >= 4 is 28.7 Å². The van der Waals surface area contributed by atoms with Crippen molar-refractivity contribution in [1.29, 1.82) is 0 Å². The molecule has 1 N–H and O–H groups in total. The van der Waals surface area contributed by atoms with Crippen LogP contribution in [-0.4, -0.2) is 71.6 Å². The number of allylic oxidation sites excluding steroid dienone is 1. The molecule has 2 fully saturated rings. The van der Waals surface area contributed by atoms with Crippen molar-refractivity contribution in [2.75, 3.05) is 27.3 Å². The van der Waals surface area contributed by atoms with Gasteiger partial charge >= 0.3 is 5.97 Å². The molecule has 2 aromatic carbocycles. The van der Waals surface area contributed by atoms with Gasteiger partial charge in [0.1, 0.15) is 17.4 Å². The third kappa shape index (κ3) is 6.04. The molecule has 10 nitrogen and oxygen atoms in total. The van der Waals surface area contributed by atoms with Crippen molar-refractivity contribution < 1.29 is 28.6 Å². The molecule has 3 aliphatic rings. The Balaban J connectivity index is 1.34. The predicted octanol–water partition coefficient (Wildman–Crippen LogP) is 5.02. The van der Waals surface area contributed by atoms with E-state index in [9.17, 15) is 14.4 Å². The number of ether oxygens (including phenoxy) is 3. The number of amides is 2. The summed E-state index contributed by atoms with van der Waals surface area (Å²) >= 11 is 0. The second-order valence-corrected chi connectivity index (χ2v) is 12.6. The molecule has 3 aromatic rings. The molecule has 2 heterocycles. The summed E-state index contributed by atoms with van der Waals surface area (Å²) in [5.74, 6) is -0.649. The molecular weight excluding hydrogens is 584 g/mol. The Labute approximate surface area is 269 Å². The quantitative estimate of drug-likeness (QED) is 0.299. The molecule has 0 radical (unpaired) electrons. The van der Waals surface area contributed by atoms with Gasteiger partial charge in [-0.2, -0.15) is 4.98 Å². The van der Waals surface area contributed by atoms with Crippen LogP contribution >= 0.6 is 0 Å². The third-order valence-corrected chi connectivity index (χ3v) is 9.60. The van der Waals surface area contributed by atoms with E-state index < -0.39 is 29.4 Å². The van der Waals surface area contributed by atoms with Gasteiger partial charge in [0.15, 0.2) is 5.82 Å². The lowest BCUT2D eigenvalue weighted by molar-refractivity contribution is -0.150. The number of benzene rings is 2. The van der Waals surface area contributed by atoms with Crippen LogP contribution in [0.3, 0.4) is 0 Å². The van der Waals surface area contributed by atoms with Gasteiger partial charge in [-0.1, -0.05) is 42.5 Å². The average molecular weight is 627 g/mol. The van der Waals surface area contributed by atoms with Gasteiger partial charge in [-0.05, 0) is 64.5 Å². The number of methoxy groups -OCH3 is 1. The fourth-order valence-corrected chi connectivity index (χ4v) is 6.91. The maximum atomic E-state index is 14.0. The monoisotopic (exact) mass is 626 g/mol. The van der Waals surface area contributed by atoms with E-state index in [-0.39, 0.29) is 24.3 Å². The van der Waals surface area contributed by atoms with Crippen molar-refractivity contribution in [1.82, 2.24) is 20.2 Å². The van der Waals surface area contributed by atoms with E-state index in [1.54, 1.807) is 26.0 Å². The number of nitrogens with one attached hydrogen (secondary N) is 1. The molecule has 5 atom stereocenters. The molecule has 1 aromatic heterocycles. The van der Waals surface area contributed by atoms with E-state index in [1.807, 2.05) is 55.5 Å². The number of hydrogen-bond acceptors (Lipinski definition) is 8. The van der Waals surface area contributed by atoms with E-state index in [4.69, 9.17) is 24.2 Å². The van der Waals surface area contributed by atoms with Gasteiger partial charge in [0, 0.05) is 30.6 Å². The molecular formula is C36H42N4O6. The van der Waals surface area contributed by atoms with Gasteiger partial charge in [0.25, 0.3) is 0 Å². The van der Waals surface area contributed by atoms with Crippen molar-refractivity contribution in [3.8, 4) is 23.0 Å². The van der Waals surface area contributed by atoms with Gasteiger partial charge < -0.3 is 24.4 Å². The molecule has 2 saturated carbocycles. The van der Waals surface area contributed by atoms with Gasteiger partial charge in [0.2, 0.25) is 17.7 Å². The third-order valence-electron chi connectivity index (χ3n) is 9.60. The first-order valence-electron chi connectivity index (χ1n) is 16.2. The highest BCUT2D eigenvalue weighted by atomic mass is 16.5. The fraction of sp³-hybridized carbons (Fsp3) is 0.472. The van der Waals surface area contributed by atoms with E-state index in [0.29, 0.717) is 48.8 Å². The second kappa shape index (κ2) is 13.1. The lowest BCUT2D eigenvalue weighted by Crippen LogP contribution is -2.50. The summed E-state index contributed by atoms with van der Waals surface area (Å²) in [5.41, 5.74) is 1.30. The highest BCUT2D eigenvalue weighted by molar-refractivity contribution is 5.95. The van der Waals surface area contributed by atoms with E-state index in [2.05, 4.69) is 11.4 Å². The zero-order valence-electron chi connectivity index (χ0n) is 27.0. The van der Waals surface area contributed by atoms with Crippen molar-refractivity contribution in [3.05, 3.63) is 60.2 Å². The normalized spacial score (nSPS) is 27.2. The lowest BCUT2D eigenvalue weighted by atomic mass is 9.93. The van der Waals surface area contributed by atoms with Crippen molar-refractivity contribution in [2.45, 2.75) is 64.0 Å². The first kappa shape index (κ1) is 31.5. The predicted molar refractivity (Wildman–Crippen MR) is 173 cm³/mol. The van der Waals surface area contributed by atoms with Crippen LogP contribution < -0.4 is 14.8 Å². The number of rotatable bonds is 6. The lowest BCUT2D eigenvalue weighted by Gasteiger charge is -2.26. The Morgan fingerprint density at radius 1 is 1.07 bits per heavy atom. The number of carbonyl (C=O) groups excluding carboxylic acids is 3. The van der Waals surface area contributed by atoms with Crippen molar-refractivity contribution in [3.63, 3.8) is 0 Å². The molecule has 0 bridgehead atoms. The molecule has 5 unspecified atom stereocenters. The molecule has 0 saturated heterocycles. The van der Waals surface area contributed by atoms with Gasteiger partial charge in [-0.15, -0.1) is 0 Å². The molecule has 10 heteroatoms. The molecule has 1 aliphatic heterocycles. The summed E-state index contributed by atoms with van der Waals surface area (Å²) in [5, 5.41) is 3.77. The summed E-state index contributed by atoms with van der Waals surface area (Å²) in [6.45, 7) is 4.54. The van der Waals surface area contributed by atoms with Gasteiger partial charge in [0.05, 0.1) is 36.5 Å². The molecule has 46 heavy (non-hydrogen) atoms. The number of esters is 1. The fourth-order valence-electron chi connectivity index (χ4n) is 6.91. The summed E-state index contributed by atoms with van der Waals surface area (Å²) in [4.78, 5) is 52.5.